The fourth-order valence-corrected chi connectivity index (χ4v) is 2.80. The number of ketones is 1. The fourth-order valence-electron chi connectivity index (χ4n) is 2.80. The first-order valence-electron chi connectivity index (χ1n) is 9.31. The first kappa shape index (κ1) is 23.4. The third-order valence-electron chi connectivity index (χ3n) is 4.09. The van der Waals surface area contributed by atoms with Gasteiger partial charge in [-0.1, -0.05) is 6.92 Å². The molecule has 3 N–H and O–H groups in total. The molecule has 1 heterocycles. The molecule has 0 aliphatic carbocycles. The second-order valence-corrected chi connectivity index (χ2v) is 7.65. The highest BCUT2D eigenvalue weighted by molar-refractivity contribution is 6.37. The zero-order valence-electron chi connectivity index (χ0n) is 17.1. The molecule has 158 valence electrons. The number of nitrogens with zero attached hydrogens (tertiary/aromatic N) is 1. The van der Waals surface area contributed by atoms with Gasteiger partial charge in [0.15, 0.2) is 0 Å². The number of carbonyl (C=O) groups excluding carboxylic acids is 5. The highest BCUT2D eigenvalue weighted by Crippen LogP contribution is 2.24. The van der Waals surface area contributed by atoms with E-state index in [1.54, 1.807) is 27.7 Å². The van der Waals surface area contributed by atoms with Crippen molar-refractivity contribution < 1.29 is 28.7 Å². The maximum absolute atomic E-state index is 12.5. The normalized spacial score (nSPS) is 19.0. The number of likely N-dealkylation sites (N-methyl/N-ethyl adjacent to an activating group) is 1. The minimum absolute atomic E-state index is 0.120. The van der Waals surface area contributed by atoms with Crippen molar-refractivity contribution in [3.63, 3.8) is 0 Å². The average molecular weight is 398 g/mol. The Bertz CT molecular complexity index is 628. The molecule has 0 saturated carbocycles. The Morgan fingerprint density at radius 3 is 2.25 bits per heavy atom. The molecule has 1 aliphatic rings. The second kappa shape index (κ2) is 10.0. The van der Waals surface area contributed by atoms with Gasteiger partial charge in [0.05, 0.1) is 6.54 Å². The summed E-state index contributed by atoms with van der Waals surface area (Å²) < 4.78 is 5.08. The van der Waals surface area contributed by atoms with E-state index in [2.05, 4.69) is 16.0 Å². The largest absolute Gasteiger partial charge is 0.444 e. The molecule has 2 atom stereocenters. The lowest BCUT2D eigenvalue weighted by molar-refractivity contribution is -0.140. The summed E-state index contributed by atoms with van der Waals surface area (Å²) in [6.07, 6.45) is -0.109. The molecule has 1 saturated heterocycles. The molecule has 0 spiro atoms. The van der Waals surface area contributed by atoms with Crippen LogP contribution >= 0.6 is 0 Å². The monoisotopic (exact) mass is 398 g/mol. The number of amides is 4. The smallest absolute Gasteiger partial charge is 0.408 e. The van der Waals surface area contributed by atoms with Gasteiger partial charge in [-0.3, -0.25) is 19.2 Å². The summed E-state index contributed by atoms with van der Waals surface area (Å²) in [4.78, 5) is 61.1. The number of likely N-dealkylation sites (tertiary alicyclic amines) is 1. The molecule has 1 rings (SSSR count). The van der Waals surface area contributed by atoms with E-state index in [4.69, 9.17) is 4.74 Å². The topological polar surface area (TPSA) is 134 Å². The van der Waals surface area contributed by atoms with Crippen molar-refractivity contribution in [3.05, 3.63) is 0 Å². The summed E-state index contributed by atoms with van der Waals surface area (Å²) in [6, 6.07) is -0.769. The molecule has 10 nitrogen and oxygen atoms in total. The fraction of sp³-hybridized carbons (Fsp3) is 0.722. The lowest BCUT2D eigenvalue weighted by Gasteiger charge is -2.26. The molecule has 10 heteroatoms. The maximum atomic E-state index is 12.5. The number of ether oxygens (including phenoxy) is 1. The van der Waals surface area contributed by atoms with E-state index >= 15 is 0 Å². The predicted octanol–water partition coefficient (Wildman–Crippen LogP) is -0.430. The van der Waals surface area contributed by atoms with Crippen LogP contribution in [0.4, 0.5) is 4.79 Å². The Morgan fingerprint density at radius 1 is 1.04 bits per heavy atom. The third-order valence-corrected chi connectivity index (χ3v) is 4.09. The van der Waals surface area contributed by atoms with Crippen molar-refractivity contribution in [1.29, 1.82) is 0 Å². The molecule has 0 radical (unpaired) electrons. The summed E-state index contributed by atoms with van der Waals surface area (Å²) in [6.45, 7) is 8.55. The lowest BCUT2D eigenvalue weighted by Crippen LogP contribution is -2.52. The van der Waals surface area contributed by atoms with Gasteiger partial charge >= 0.3 is 6.09 Å². The number of hydrogen-bond acceptors (Lipinski definition) is 6. The molecule has 1 aliphatic heterocycles. The molecule has 0 aromatic carbocycles. The van der Waals surface area contributed by atoms with Crippen molar-refractivity contribution in [3.8, 4) is 0 Å². The molecular weight excluding hydrogens is 368 g/mol. The highest BCUT2D eigenvalue weighted by Gasteiger charge is 2.39. The minimum Gasteiger partial charge on any atom is -0.444 e. The summed E-state index contributed by atoms with van der Waals surface area (Å²) in [5.74, 6) is -2.58. The van der Waals surface area contributed by atoms with Gasteiger partial charge in [0.25, 0.3) is 5.91 Å². The first-order chi connectivity index (χ1) is 13.0. The minimum atomic E-state index is -0.769. The van der Waals surface area contributed by atoms with Crippen LogP contribution in [0.2, 0.25) is 0 Å². The van der Waals surface area contributed by atoms with E-state index in [-0.39, 0.29) is 12.5 Å². The van der Waals surface area contributed by atoms with E-state index in [1.165, 1.54) is 4.90 Å². The van der Waals surface area contributed by atoms with Crippen LogP contribution in [-0.4, -0.2) is 72.3 Å². The standard InChI is InChI=1S/C18H30N4O6/c1-6-19-15(25)12(23)9-20-16(26)14-11(2)7-8-22(14)13(24)10-21-17(27)28-18(3,4)5/h11,14H,6-10H2,1-5H3,(H,19,25)(H,20,26)(H,21,27). The Morgan fingerprint density at radius 2 is 1.68 bits per heavy atom. The molecule has 0 aromatic heterocycles. The van der Waals surface area contributed by atoms with Crippen molar-refractivity contribution in [2.24, 2.45) is 5.92 Å². The van der Waals surface area contributed by atoms with Crippen LogP contribution in [0, 0.1) is 5.92 Å². The van der Waals surface area contributed by atoms with Crippen LogP contribution in [0.25, 0.3) is 0 Å². The van der Waals surface area contributed by atoms with E-state index in [1.807, 2.05) is 6.92 Å². The SMILES string of the molecule is CCNC(=O)C(=O)CNC(=O)C1C(C)CCN1C(=O)CNC(=O)OC(C)(C)C. The number of hydrogen-bond donors (Lipinski definition) is 3. The molecule has 2 unspecified atom stereocenters. The molecular formula is C18H30N4O6. The van der Waals surface area contributed by atoms with Crippen LogP contribution in [0.15, 0.2) is 0 Å². The average Bonchev–Trinajstić information content (AvgIpc) is 2.97. The number of Topliss-reactive ketones (excluding diaryl/α,β-unsaturated/α-hetero) is 1. The van der Waals surface area contributed by atoms with Gasteiger partial charge in [-0.25, -0.2) is 4.79 Å². The van der Waals surface area contributed by atoms with Crippen molar-refractivity contribution >= 4 is 29.6 Å². The number of rotatable bonds is 7. The van der Waals surface area contributed by atoms with Gasteiger partial charge in [0.2, 0.25) is 17.6 Å². The maximum Gasteiger partial charge on any atom is 0.408 e. The van der Waals surface area contributed by atoms with Gasteiger partial charge in [-0.05, 0) is 40.0 Å². The van der Waals surface area contributed by atoms with Crippen molar-refractivity contribution in [2.75, 3.05) is 26.2 Å². The predicted molar refractivity (Wildman–Crippen MR) is 100 cm³/mol. The number of nitrogens with one attached hydrogen (secondary N) is 3. The summed E-state index contributed by atoms with van der Waals surface area (Å²) in [7, 11) is 0. The van der Waals surface area contributed by atoms with Gasteiger partial charge < -0.3 is 25.6 Å². The Labute approximate surface area is 164 Å². The van der Waals surface area contributed by atoms with Gasteiger partial charge in [0.1, 0.15) is 18.2 Å². The van der Waals surface area contributed by atoms with Crippen LogP contribution in [0.5, 0.6) is 0 Å². The van der Waals surface area contributed by atoms with E-state index in [0.717, 1.165) is 0 Å². The Hall–Kier alpha value is -2.65. The quantitative estimate of drug-likeness (QED) is 0.498. The number of alkyl carbamates (subject to hydrolysis) is 1. The summed E-state index contributed by atoms with van der Waals surface area (Å²) in [5.41, 5.74) is -0.686. The molecule has 4 amide bonds. The van der Waals surface area contributed by atoms with Crippen LogP contribution in [0.1, 0.15) is 41.0 Å². The summed E-state index contributed by atoms with van der Waals surface area (Å²) >= 11 is 0. The zero-order valence-corrected chi connectivity index (χ0v) is 17.1. The van der Waals surface area contributed by atoms with Gasteiger partial charge in [0, 0.05) is 13.1 Å². The molecule has 0 aromatic rings. The zero-order chi connectivity index (χ0) is 21.5. The Balaban J connectivity index is 2.61. The van der Waals surface area contributed by atoms with Crippen LogP contribution in [0.3, 0.4) is 0 Å². The first-order valence-corrected chi connectivity index (χ1v) is 9.31. The van der Waals surface area contributed by atoms with Crippen molar-refractivity contribution in [2.45, 2.75) is 52.7 Å². The highest BCUT2D eigenvalue weighted by atomic mass is 16.6. The summed E-state index contributed by atoms with van der Waals surface area (Å²) in [5, 5.41) is 7.16. The van der Waals surface area contributed by atoms with E-state index < -0.39 is 47.8 Å². The third kappa shape index (κ3) is 7.16. The van der Waals surface area contributed by atoms with Gasteiger partial charge in [-0.15, -0.1) is 0 Å². The van der Waals surface area contributed by atoms with E-state index in [0.29, 0.717) is 19.5 Å². The Kier molecular flexibility index (Phi) is 8.39. The van der Waals surface area contributed by atoms with Gasteiger partial charge in [-0.2, -0.15) is 0 Å². The number of carbonyl (C=O) groups is 5. The van der Waals surface area contributed by atoms with Crippen LogP contribution in [-0.2, 0) is 23.9 Å². The van der Waals surface area contributed by atoms with Crippen LogP contribution < -0.4 is 16.0 Å². The molecule has 1 fully saturated rings. The second-order valence-electron chi connectivity index (χ2n) is 7.65. The molecule has 0 bridgehead atoms. The van der Waals surface area contributed by atoms with Crippen molar-refractivity contribution in [1.82, 2.24) is 20.9 Å². The lowest BCUT2D eigenvalue weighted by atomic mass is 10.0. The van der Waals surface area contributed by atoms with E-state index in [9.17, 15) is 24.0 Å². The molecule has 28 heavy (non-hydrogen) atoms.